The first-order valence-corrected chi connectivity index (χ1v) is 7.52. The number of aromatic nitrogens is 1. The van der Waals surface area contributed by atoms with Crippen molar-refractivity contribution in [2.75, 3.05) is 6.54 Å². The molecule has 0 aliphatic heterocycles. The molecule has 0 bridgehead atoms. The van der Waals surface area contributed by atoms with Crippen LogP contribution in [0.25, 0.3) is 10.1 Å². The second kappa shape index (κ2) is 5.87. The predicted molar refractivity (Wildman–Crippen MR) is 81.5 cm³/mol. The molecule has 0 spiro atoms. The van der Waals surface area contributed by atoms with Gasteiger partial charge in [-0.2, -0.15) is 0 Å². The maximum absolute atomic E-state index is 14.0. The standard InChI is InChI=1S/C16H14F2N2S/c1-2-20-16(12-5-6-19-9-13(12)18)15-8-10-7-11(17)3-4-14(10)21-15/h3-9,16,20H,2H2,1H3. The highest BCUT2D eigenvalue weighted by Crippen LogP contribution is 2.34. The molecule has 0 saturated heterocycles. The van der Waals surface area contributed by atoms with E-state index in [1.165, 1.54) is 18.3 Å². The number of hydrogen-bond acceptors (Lipinski definition) is 3. The average molecular weight is 304 g/mol. The lowest BCUT2D eigenvalue weighted by Gasteiger charge is -2.17. The maximum Gasteiger partial charge on any atom is 0.146 e. The number of benzene rings is 1. The fourth-order valence-electron chi connectivity index (χ4n) is 2.37. The Balaban J connectivity index is 2.09. The second-order valence-corrected chi connectivity index (χ2v) is 5.83. The second-order valence-electron chi connectivity index (χ2n) is 4.72. The molecule has 0 aliphatic carbocycles. The van der Waals surface area contributed by atoms with E-state index in [1.54, 1.807) is 29.7 Å². The molecule has 1 atom stereocenters. The van der Waals surface area contributed by atoms with E-state index in [-0.39, 0.29) is 17.7 Å². The maximum atomic E-state index is 14.0. The molecule has 2 heterocycles. The molecular formula is C16H14F2N2S. The van der Waals surface area contributed by atoms with Crippen LogP contribution in [0.3, 0.4) is 0 Å². The van der Waals surface area contributed by atoms with Crippen molar-refractivity contribution in [3.8, 4) is 0 Å². The van der Waals surface area contributed by atoms with Crippen LogP contribution < -0.4 is 5.32 Å². The molecule has 3 rings (SSSR count). The van der Waals surface area contributed by atoms with Gasteiger partial charge in [-0.25, -0.2) is 8.78 Å². The van der Waals surface area contributed by atoms with E-state index in [4.69, 9.17) is 0 Å². The third kappa shape index (κ3) is 2.80. The van der Waals surface area contributed by atoms with Crippen molar-refractivity contribution in [1.82, 2.24) is 10.3 Å². The Bertz CT molecular complexity index is 770. The summed E-state index contributed by atoms with van der Waals surface area (Å²) in [6, 6.07) is 8.03. The predicted octanol–water partition coefficient (Wildman–Crippen LogP) is 4.27. The quantitative estimate of drug-likeness (QED) is 0.778. The summed E-state index contributed by atoms with van der Waals surface area (Å²) in [6.07, 6.45) is 2.79. The summed E-state index contributed by atoms with van der Waals surface area (Å²) in [4.78, 5) is 4.75. The number of halogens is 2. The zero-order valence-electron chi connectivity index (χ0n) is 11.4. The number of nitrogens with one attached hydrogen (secondary N) is 1. The van der Waals surface area contributed by atoms with Crippen molar-refractivity contribution in [2.24, 2.45) is 0 Å². The fraction of sp³-hybridized carbons (Fsp3) is 0.188. The summed E-state index contributed by atoms with van der Waals surface area (Å²) in [6.45, 7) is 2.67. The molecule has 3 aromatic rings. The third-order valence-electron chi connectivity index (χ3n) is 3.30. The highest BCUT2D eigenvalue weighted by Gasteiger charge is 2.19. The minimum atomic E-state index is -0.341. The number of fused-ring (bicyclic) bond motifs is 1. The topological polar surface area (TPSA) is 24.9 Å². The van der Waals surface area contributed by atoms with Crippen molar-refractivity contribution < 1.29 is 8.78 Å². The molecular weight excluding hydrogens is 290 g/mol. The van der Waals surface area contributed by atoms with Gasteiger partial charge in [-0.15, -0.1) is 11.3 Å². The van der Waals surface area contributed by atoms with Gasteiger partial charge < -0.3 is 5.32 Å². The van der Waals surface area contributed by atoms with E-state index in [0.717, 1.165) is 15.0 Å². The molecule has 1 N–H and O–H groups in total. The smallest absolute Gasteiger partial charge is 0.146 e. The number of pyridine rings is 1. The van der Waals surface area contributed by atoms with Crippen LogP contribution in [0.15, 0.2) is 42.7 Å². The summed E-state index contributed by atoms with van der Waals surface area (Å²) in [7, 11) is 0. The molecule has 0 amide bonds. The van der Waals surface area contributed by atoms with Crippen LogP contribution in [0.2, 0.25) is 0 Å². The highest BCUT2D eigenvalue weighted by molar-refractivity contribution is 7.19. The zero-order valence-corrected chi connectivity index (χ0v) is 12.3. The molecule has 0 saturated carbocycles. The summed E-state index contributed by atoms with van der Waals surface area (Å²) in [5.41, 5.74) is 0.555. The molecule has 2 nitrogen and oxygen atoms in total. The van der Waals surface area contributed by atoms with Crippen molar-refractivity contribution in [3.63, 3.8) is 0 Å². The minimum absolute atomic E-state index is 0.251. The van der Waals surface area contributed by atoms with Crippen LogP contribution >= 0.6 is 11.3 Å². The number of hydrogen-bond donors (Lipinski definition) is 1. The van der Waals surface area contributed by atoms with Crippen LogP contribution in [0.5, 0.6) is 0 Å². The van der Waals surface area contributed by atoms with Crippen molar-refractivity contribution in [3.05, 3.63) is 64.8 Å². The third-order valence-corrected chi connectivity index (χ3v) is 4.49. The zero-order chi connectivity index (χ0) is 14.8. The summed E-state index contributed by atoms with van der Waals surface area (Å²) < 4.78 is 28.3. The van der Waals surface area contributed by atoms with Gasteiger partial charge in [-0.05, 0) is 42.3 Å². The Labute approximate surface area is 125 Å². The highest BCUT2D eigenvalue weighted by atomic mass is 32.1. The Morgan fingerprint density at radius 3 is 2.86 bits per heavy atom. The molecule has 1 unspecified atom stereocenters. The lowest BCUT2D eigenvalue weighted by atomic mass is 10.1. The van der Waals surface area contributed by atoms with E-state index in [1.807, 2.05) is 13.0 Å². The lowest BCUT2D eigenvalue weighted by Crippen LogP contribution is -2.22. The van der Waals surface area contributed by atoms with E-state index in [2.05, 4.69) is 10.3 Å². The van der Waals surface area contributed by atoms with Gasteiger partial charge in [-0.1, -0.05) is 6.92 Å². The molecule has 0 aliphatic rings. The van der Waals surface area contributed by atoms with E-state index < -0.39 is 0 Å². The van der Waals surface area contributed by atoms with E-state index >= 15 is 0 Å². The van der Waals surface area contributed by atoms with Gasteiger partial charge in [0.15, 0.2) is 0 Å². The van der Waals surface area contributed by atoms with Crippen LogP contribution in [0, 0.1) is 11.6 Å². The van der Waals surface area contributed by atoms with Crippen molar-refractivity contribution in [1.29, 1.82) is 0 Å². The van der Waals surface area contributed by atoms with Gasteiger partial charge in [0, 0.05) is 21.3 Å². The van der Waals surface area contributed by atoms with E-state index in [9.17, 15) is 8.78 Å². The van der Waals surface area contributed by atoms with Crippen molar-refractivity contribution >= 4 is 21.4 Å². The first-order valence-electron chi connectivity index (χ1n) is 6.71. The fourth-order valence-corrected chi connectivity index (χ4v) is 3.50. The molecule has 108 valence electrons. The Kier molecular flexibility index (Phi) is 3.94. The molecule has 21 heavy (non-hydrogen) atoms. The van der Waals surface area contributed by atoms with Gasteiger partial charge in [0.25, 0.3) is 0 Å². The molecule has 0 fully saturated rings. The largest absolute Gasteiger partial charge is 0.306 e. The average Bonchev–Trinajstić information content (AvgIpc) is 2.88. The van der Waals surface area contributed by atoms with Gasteiger partial charge in [0.2, 0.25) is 0 Å². The van der Waals surface area contributed by atoms with Crippen LogP contribution in [-0.4, -0.2) is 11.5 Å². The summed E-state index contributed by atoms with van der Waals surface area (Å²) in [5, 5.41) is 4.12. The Hall–Kier alpha value is -1.85. The SMILES string of the molecule is CCNC(c1cc2cc(F)ccc2s1)c1ccncc1F. The van der Waals surface area contributed by atoms with Gasteiger partial charge in [0.05, 0.1) is 12.2 Å². The molecule has 0 radical (unpaired) electrons. The minimum Gasteiger partial charge on any atom is -0.306 e. The van der Waals surface area contributed by atoms with Crippen LogP contribution in [0.4, 0.5) is 8.78 Å². The Morgan fingerprint density at radius 1 is 1.24 bits per heavy atom. The number of rotatable bonds is 4. The lowest BCUT2D eigenvalue weighted by molar-refractivity contribution is 0.558. The van der Waals surface area contributed by atoms with Crippen LogP contribution in [0.1, 0.15) is 23.4 Å². The van der Waals surface area contributed by atoms with Crippen LogP contribution in [-0.2, 0) is 0 Å². The van der Waals surface area contributed by atoms with Gasteiger partial charge >= 0.3 is 0 Å². The number of thiophene rings is 1. The normalized spacial score (nSPS) is 12.7. The van der Waals surface area contributed by atoms with E-state index in [0.29, 0.717) is 12.1 Å². The monoisotopic (exact) mass is 304 g/mol. The molecule has 1 aromatic carbocycles. The first-order chi connectivity index (χ1) is 10.2. The Morgan fingerprint density at radius 2 is 2.10 bits per heavy atom. The molecule has 2 aromatic heterocycles. The van der Waals surface area contributed by atoms with Crippen molar-refractivity contribution in [2.45, 2.75) is 13.0 Å². The number of nitrogens with zero attached hydrogens (tertiary/aromatic N) is 1. The summed E-state index contributed by atoms with van der Waals surface area (Å²) in [5.74, 6) is -0.603. The summed E-state index contributed by atoms with van der Waals surface area (Å²) >= 11 is 1.54. The van der Waals surface area contributed by atoms with Gasteiger partial charge in [-0.3, -0.25) is 4.98 Å². The first kappa shape index (κ1) is 14.1. The molecule has 5 heteroatoms. The van der Waals surface area contributed by atoms with Gasteiger partial charge in [0.1, 0.15) is 11.6 Å².